The van der Waals surface area contributed by atoms with E-state index in [0.717, 1.165) is 29.7 Å². The Morgan fingerprint density at radius 1 is 0.938 bits per heavy atom. The minimum absolute atomic E-state index is 0.0357. The summed E-state index contributed by atoms with van der Waals surface area (Å²) in [7, 11) is 0. The molecule has 166 valence electrons. The van der Waals surface area contributed by atoms with Crippen molar-refractivity contribution in [3.8, 4) is 0 Å². The van der Waals surface area contributed by atoms with Gasteiger partial charge in [0.2, 0.25) is 5.91 Å². The molecule has 32 heavy (non-hydrogen) atoms. The molecule has 2 amide bonds. The van der Waals surface area contributed by atoms with Gasteiger partial charge in [-0.25, -0.2) is 0 Å². The molecule has 1 saturated heterocycles. The highest BCUT2D eigenvalue weighted by molar-refractivity contribution is 7.08. The predicted molar refractivity (Wildman–Crippen MR) is 129 cm³/mol. The summed E-state index contributed by atoms with van der Waals surface area (Å²) in [6.45, 7) is 3.11. The largest absolute Gasteiger partial charge is 0.344 e. The van der Waals surface area contributed by atoms with Crippen molar-refractivity contribution in [1.82, 2.24) is 15.1 Å². The summed E-state index contributed by atoms with van der Waals surface area (Å²) < 4.78 is 0. The third-order valence-corrected chi connectivity index (χ3v) is 6.59. The normalized spacial score (nSPS) is 15.7. The summed E-state index contributed by atoms with van der Waals surface area (Å²) in [4.78, 5) is 29.7. The molecule has 2 aromatic carbocycles. The van der Waals surface area contributed by atoms with Crippen LogP contribution in [0.25, 0.3) is 0 Å². The fraction of sp³-hybridized carbons (Fsp3) is 0.280. The van der Waals surface area contributed by atoms with Crippen molar-refractivity contribution in [2.75, 3.05) is 32.7 Å². The highest BCUT2D eigenvalue weighted by Crippen LogP contribution is 2.23. The standard InChI is InChI=1S/C25H26ClN3O2S/c26-22-9-7-20(8-10-22)24(19-5-2-1-3-6-19)27-23(30)17-28-12-4-13-29(15-14-28)25(31)21-11-16-32-18-21/h1-3,5-11,16,18,24H,4,12-15,17H2,(H,27,30). The number of amides is 2. The summed E-state index contributed by atoms with van der Waals surface area (Å²) >= 11 is 7.59. The number of thiophene rings is 1. The fourth-order valence-electron chi connectivity index (χ4n) is 3.97. The molecule has 0 aliphatic carbocycles. The Kier molecular flexibility index (Phi) is 7.58. The van der Waals surface area contributed by atoms with Gasteiger partial charge >= 0.3 is 0 Å². The van der Waals surface area contributed by atoms with E-state index < -0.39 is 0 Å². The zero-order valence-corrected chi connectivity index (χ0v) is 19.3. The number of benzene rings is 2. The number of carbonyl (C=O) groups is 2. The van der Waals surface area contributed by atoms with Gasteiger partial charge in [-0.2, -0.15) is 11.3 Å². The van der Waals surface area contributed by atoms with E-state index in [4.69, 9.17) is 11.6 Å². The lowest BCUT2D eigenvalue weighted by molar-refractivity contribution is -0.122. The second-order valence-corrected chi connectivity index (χ2v) is 9.11. The van der Waals surface area contributed by atoms with Crippen molar-refractivity contribution in [3.63, 3.8) is 0 Å². The van der Waals surface area contributed by atoms with Gasteiger partial charge in [-0.05, 0) is 41.1 Å². The van der Waals surface area contributed by atoms with E-state index in [9.17, 15) is 9.59 Å². The maximum absolute atomic E-state index is 13.0. The Morgan fingerprint density at radius 3 is 2.41 bits per heavy atom. The van der Waals surface area contributed by atoms with Gasteiger partial charge in [-0.1, -0.05) is 54.1 Å². The molecular weight excluding hydrogens is 442 g/mol. The van der Waals surface area contributed by atoms with Crippen molar-refractivity contribution in [2.45, 2.75) is 12.5 Å². The molecule has 2 heterocycles. The Bertz CT molecular complexity index is 1030. The molecule has 4 rings (SSSR count). The lowest BCUT2D eigenvalue weighted by atomic mass is 9.98. The van der Waals surface area contributed by atoms with Crippen LogP contribution in [-0.4, -0.2) is 54.3 Å². The average molecular weight is 468 g/mol. The minimum Gasteiger partial charge on any atom is -0.344 e. The third-order valence-electron chi connectivity index (χ3n) is 5.65. The second-order valence-electron chi connectivity index (χ2n) is 7.90. The lowest BCUT2D eigenvalue weighted by Crippen LogP contribution is -2.41. The monoisotopic (exact) mass is 467 g/mol. The van der Waals surface area contributed by atoms with Gasteiger partial charge < -0.3 is 10.2 Å². The SMILES string of the molecule is O=C(CN1CCCN(C(=O)c2ccsc2)CC1)NC(c1ccccc1)c1ccc(Cl)cc1. The molecule has 1 fully saturated rings. The van der Waals surface area contributed by atoms with Gasteiger partial charge in [-0.15, -0.1) is 0 Å². The van der Waals surface area contributed by atoms with Crippen LogP contribution in [0.4, 0.5) is 0 Å². The van der Waals surface area contributed by atoms with Crippen molar-refractivity contribution in [3.05, 3.63) is 93.1 Å². The molecule has 0 saturated carbocycles. The summed E-state index contributed by atoms with van der Waals surface area (Å²) in [6.07, 6.45) is 0.850. The number of hydrogen-bond acceptors (Lipinski definition) is 4. The zero-order valence-electron chi connectivity index (χ0n) is 17.7. The first-order valence-corrected chi connectivity index (χ1v) is 12.1. The van der Waals surface area contributed by atoms with Crippen LogP contribution in [0, 0.1) is 0 Å². The number of carbonyl (C=O) groups excluding carboxylic acids is 2. The lowest BCUT2D eigenvalue weighted by Gasteiger charge is -2.24. The molecule has 3 aromatic rings. The first kappa shape index (κ1) is 22.5. The van der Waals surface area contributed by atoms with Crippen molar-refractivity contribution >= 4 is 34.8 Å². The van der Waals surface area contributed by atoms with Crippen LogP contribution in [0.1, 0.15) is 33.9 Å². The molecule has 1 unspecified atom stereocenters. The van der Waals surface area contributed by atoms with Crippen LogP contribution < -0.4 is 5.32 Å². The Labute approximate surface area is 197 Å². The van der Waals surface area contributed by atoms with Gasteiger partial charge in [0.1, 0.15) is 0 Å². The van der Waals surface area contributed by atoms with Crippen LogP contribution in [0.5, 0.6) is 0 Å². The van der Waals surface area contributed by atoms with E-state index in [0.29, 0.717) is 31.2 Å². The zero-order chi connectivity index (χ0) is 22.3. The van der Waals surface area contributed by atoms with Crippen molar-refractivity contribution in [2.24, 2.45) is 0 Å². The number of halogens is 1. The molecule has 1 N–H and O–H groups in total. The number of hydrogen-bond donors (Lipinski definition) is 1. The van der Waals surface area contributed by atoms with Gasteiger partial charge in [0.15, 0.2) is 0 Å². The van der Waals surface area contributed by atoms with Crippen molar-refractivity contribution in [1.29, 1.82) is 0 Å². The van der Waals surface area contributed by atoms with Gasteiger partial charge in [-0.3, -0.25) is 14.5 Å². The predicted octanol–water partition coefficient (Wildman–Crippen LogP) is 4.46. The third kappa shape index (κ3) is 5.76. The van der Waals surface area contributed by atoms with E-state index in [1.54, 1.807) is 0 Å². The molecule has 1 aliphatic heterocycles. The maximum atomic E-state index is 13.0. The van der Waals surface area contributed by atoms with E-state index in [2.05, 4.69) is 10.2 Å². The summed E-state index contributed by atoms with van der Waals surface area (Å²) in [6, 6.07) is 19.1. The molecule has 0 spiro atoms. The van der Waals surface area contributed by atoms with E-state index in [1.807, 2.05) is 76.3 Å². The Balaban J connectivity index is 1.39. The number of rotatable bonds is 6. The van der Waals surface area contributed by atoms with E-state index in [1.165, 1.54) is 11.3 Å². The molecule has 1 atom stereocenters. The Morgan fingerprint density at radius 2 is 1.69 bits per heavy atom. The smallest absolute Gasteiger partial charge is 0.254 e. The topological polar surface area (TPSA) is 52.7 Å². The molecule has 0 bridgehead atoms. The van der Waals surface area contributed by atoms with Crippen LogP contribution >= 0.6 is 22.9 Å². The van der Waals surface area contributed by atoms with Gasteiger partial charge in [0.05, 0.1) is 18.2 Å². The molecule has 0 radical (unpaired) electrons. The van der Waals surface area contributed by atoms with Gasteiger partial charge in [0, 0.05) is 36.6 Å². The quantitative estimate of drug-likeness (QED) is 0.582. The van der Waals surface area contributed by atoms with Crippen LogP contribution in [0.2, 0.25) is 5.02 Å². The molecule has 1 aromatic heterocycles. The first-order valence-electron chi connectivity index (χ1n) is 10.7. The highest BCUT2D eigenvalue weighted by Gasteiger charge is 2.23. The summed E-state index contributed by atoms with van der Waals surface area (Å²) in [5, 5.41) is 7.67. The van der Waals surface area contributed by atoms with E-state index in [-0.39, 0.29) is 17.9 Å². The molecule has 5 nitrogen and oxygen atoms in total. The van der Waals surface area contributed by atoms with Gasteiger partial charge in [0.25, 0.3) is 5.91 Å². The second kappa shape index (κ2) is 10.8. The summed E-state index contributed by atoms with van der Waals surface area (Å²) in [5.74, 6) is 0.0378. The molecule has 7 heteroatoms. The maximum Gasteiger partial charge on any atom is 0.254 e. The van der Waals surface area contributed by atoms with Crippen LogP contribution in [0.3, 0.4) is 0 Å². The minimum atomic E-state index is -0.246. The number of nitrogens with zero attached hydrogens (tertiary/aromatic N) is 2. The van der Waals surface area contributed by atoms with E-state index >= 15 is 0 Å². The fourth-order valence-corrected chi connectivity index (χ4v) is 4.73. The molecular formula is C25H26ClN3O2S. The Hall–Kier alpha value is -2.67. The number of nitrogens with one attached hydrogen (secondary N) is 1. The molecule has 1 aliphatic rings. The van der Waals surface area contributed by atoms with Crippen LogP contribution in [0.15, 0.2) is 71.4 Å². The summed E-state index contributed by atoms with van der Waals surface area (Å²) in [5.41, 5.74) is 2.75. The van der Waals surface area contributed by atoms with Crippen LogP contribution in [-0.2, 0) is 4.79 Å². The average Bonchev–Trinajstić information content (AvgIpc) is 3.25. The van der Waals surface area contributed by atoms with Crippen molar-refractivity contribution < 1.29 is 9.59 Å². The highest BCUT2D eigenvalue weighted by atomic mass is 35.5. The first-order chi connectivity index (χ1) is 15.6.